The monoisotopic (exact) mass is 2040 g/mol. The Hall–Kier alpha value is -4.52. The summed E-state index contributed by atoms with van der Waals surface area (Å²) in [6, 6.07) is -1.00. The summed E-state index contributed by atoms with van der Waals surface area (Å²) in [5.41, 5.74) is 2.25. The summed E-state index contributed by atoms with van der Waals surface area (Å²) in [5.74, 6) is 1.51. The van der Waals surface area contributed by atoms with Gasteiger partial charge in [0, 0.05) is 102 Å². The highest BCUT2D eigenvalue weighted by Crippen LogP contribution is 2.67. The van der Waals surface area contributed by atoms with Gasteiger partial charge in [-0.05, 0) is 162 Å². The van der Waals surface area contributed by atoms with Crippen molar-refractivity contribution >= 4 is 35.5 Å². The average Bonchev–Trinajstić information content (AvgIpc) is 1.45. The van der Waals surface area contributed by atoms with Gasteiger partial charge in [-0.3, -0.25) is 28.8 Å². The van der Waals surface area contributed by atoms with E-state index >= 15 is 0 Å². The fourth-order valence-corrected chi connectivity index (χ4v) is 20.9. The predicted molar refractivity (Wildman–Crippen MR) is 523 cm³/mol. The van der Waals surface area contributed by atoms with Crippen LogP contribution in [0.1, 0.15) is 229 Å². The van der Waals surface area contributed by atoms with E-state index in [9.17, 15) is 74.7 Å². The van der Waals surface area contributed by atoms with E-state index in [-0.39, 0.29) is 152 Å². The van der Waals surface area contributed by atoms with Crippen molar-refractivity contribution in [2.24, 2.45) is 64.1 Å². The lowest BCUT2D eigenvalue weighted by Crippen LogP contribution is -2.55. The molecule has 20 unspecified atom stereocenters. The maximum absolute atomic E-state index is 14.8. The fourth-order valence-electron chi connectivity index (χ4n) is 20.9. The lowest BCUT2D eigenvalue weighted by molar-refractivity contribution is -0.282. The summed E-state index contributed by atoms with van der Waals surface area (Å²) in [6.45, 7) is 26.5. The molecule has 0 bridgehead atoms. The van der Waals surface area contributed by atoms with Gasteiger partial charge < -0.3 is 162 Å². The van der Waals surface area contributed by atoms with Crippen molar-refractivity contribution < 1.29 is 165 Å². The number of carbonyl (C=O) groups excluding carboxylic acids is 6. The molecule has 4 aliphatic carbocycles. The maximum atomic E-state index is 14.8. The molecular formula is C103H185N5O34. The third kappa shape index (κ3) is 45.3. The summed E-state index contributed by atoms with van der Waals surface area (Å²) in [5, 5.41) is 102. The third-order valence-electron chi connectivity index (χ3n) is 29.4. The number of aliphatic hydroxyl groups excluding tert-OH is 9. The summed E-state index contributed by atoms with van der Waals surface area (Å²) >= 11 is 0. The first-order valence-corrected chi connectivity index (χ1v) is 53.6. The molecule has 24 atom stereocenters. The summed E-state index contributed by atoms with van der Waals surface area (Å²) in [4.78, 5) is 82.0. The topological polar surface area (TPSA) is 511 Å². The first kappa shape index (κ1) is 124. The van der Waals surface area contributed by atoms with Crippen molar-refractivity contribution in [3.63, 3.8) is 0 Å². The van der Waals surface area contributed by atoms with Crippen LogP contribution in [0.25, 0.3) is 0 Å². The van der Waals surface area contributed by atoms with Crippen LogP contribution in [0, 0.1) is 64.1 Å². The zero-order valence-corrected chi connectivity index (χ0v) is 86.9. The molecule has 3 saturated heterocycles. The molecule has 39 heteroatoms. The number of fused-ring (bicyclic) bond motifs is 5. The number of hydrogen-bond acceptors (Lipinski definition) is 34. The van der Waals surface area contributed by atoms with Gasteiger partial charge in [0.1, 0.15) is 48.8 Å². The molecule has 0 spiro atoms. The molecule has 0 aromatic heterocycles. The van der Waals surface area contributed by atoms with E-state index in [1.807, 2.05) is 0 Å². The molecule has 3 saturated carbocycles. The highest BCUT2D eigenvalue weighted by molar-refractivity contribution is 5.87. The Morgan fingerprint density at radius 2 is 0.782 bits per heavy atom. The van der Waals surface area contributed by atoms with E-state index in [0.717, 1.165) is 54.8 Å². The Balaban J connectivity index is 0.674. The van der Waals surface area contributed by atoms with Crippen LogP contribution in [0.3, 0.4) is 0 Å². The van der Waals surface area contributed by atoms with Gasteiger partial charge in [0.05, 0.1) is 203 Å². The highest BCUT2D eigenvalue weighted by Gasteiger charge is 2.60. The summed E-state index contributed by atoms with van der Waals surface area (Å²) in [6.07, 6.45) is 8.79. The molecule has 3 aliphatic heterocycles. The Labute approximate surface area is 843 Å². The van der Waals surface area contributed by atoms with Crippen molar-refractivity contribution in [3.8, 4) is 0 Å². The number of rotatable bonds is 81. The van der Waals surface area contributed by atoms with Gasteiger partial charge in [0.2, 0.25) is 29.5 Å². The van der Waals surface area contributed by atoms with Crippen LogP contribution >= 0.6 is 0 Å². The molecule has 826 valence electrons. The number of nitrogens with one attached hydrogen (secondary N) is 4. The first-order valence-electron chi connectivity index (χ1n) is 53.6. The number of hydrogen-bond donors (Lipinski definition) is 13. The Kier molecular flexibility index (Phi) is 63.1. The number of aliphatic hydroxyl groups is 9. The van der Waals surface area contributed by atoms with Crippen molar-refractivity contribution in [2.45, 2.75) is 315 Å². The second kappa shape index (κ2) is 72.0. The average molecular weight is 2040 g/mol. The number of carbonyl (C=O) groups is 6. The molecule has 7 aliphatic rings. The predicted octanol–water partition coefficient (Wildman–Crippen LogP) is 5.32. The Morgan fingerprint density at radius 1 is 0.401 bits per heavy atom. The van der Waals surface area contributed by atoms with E-state index in [1.54, 1.807) is 31.2 Å². The van der Waals surface area contributed by atoms with Crippen LogP contribution in [0.4, 0.5) is 0 Å². The fraction of sp³-hybridized carbons (Fsp3) is 0.922. The number of esters is 1. The van der Waals surface area contributed by atoms with Crippen molar-refractivity contribution in [2.75, 3.05) is 231 Å². The quantitative estimate of drug-likeness (QED) is 0.0208. The van der Waals surface area contributed by atoms with E-state index < -0.39 is 123 Å². The number of nitrogens with zero attached hydrogens (tertiary/aromatic N) is 1. The van der Waals surface area contributed by atoms with Crippen LogP contribution in [-0.2, 0) is 119 Å². The Morgan fingerprint density at radius 3 is 1.17 bits per heavy atom. The highest BCUT2D eigenvalue weighted by atomic mass is 16.7. The van der Waals surface area contributed by atoms with E-state index in [1.165, 1.54) is 51.4 Å². The summed E-state index contributed by atoms with van der Waals surface area (Å²) in [7, 11) is 0. The first-order chi connectivity index (χ1) is 68.6. The van der Waals surface area contributed by atoms with Gasteiger partial charge in [-0.1, -0.05) is 86.3 Å². The third-order valence-corrected chi connectivity index (χ3v) is 29.4. The van der Waals surface area contributed by atoms with Crippen molar-refractivity contribution in [1.82, 2.24) is 26.2 Å². The molecule has 0 radical (unpaired) electrons. The number of amides is 5. The van der Waals surface area contributed by atoms with Gasteiger partial charge in [-0.25, -0.2) is 0 Å². The lowest BCUT2D eigenvalue weighted by atomic mass is 9.47. The number of unbranched alkanes of at least 4 members (excludes halogenated alkanes) is 4. The van der Waals surface area contributed by atoms with E-state index in [0.29, 0.717) is 208 Å². The van der Waals surface area contributed by atoms with Crippen LogP contribution in [-0.4, -0.2) is 403 Å². The minimum absolute atomic E-state index is 0.0278. The zero-order valence-electron chi connectivity index (χ0n) is 86.9. The van der Waals surface area contributed by atoms with Gasteiger partial charge in [0.25, 0.3) is 0 Å². The summed E-state index contributed by atoms with van der Waals surface area (Å²) < 4.78 is 108. The van der Waals surface area contributed by atoms with Gasteiger partial charge >= 0.3 is 5.97 Å². The van der Waals surface area contributed by atoms with Crippen molar-refractivity contribution in [1.29, 1.82) is 0 Å². The van der Waals surface area contributed by atoms with Gasteiger partial charge in [-0.15, -0.1) is 0 Å². The second-order valence-electron chi connectivity index (χ2n) is 40.4. The maximum Gasteiger partial charge on any atom is 0.308 e. The molecule has 39 nitrogen and oxygen atoms in total. The van der Waals surface area contributed by atoms with Crippen LogP contribution in [0.2, 0.25) is 0 Å². The largest absolute Gasteiger partial charge is 0.462 e. The molecule has 0 aromatic rings. The molecular weight excluding hydrogens is 1850 g/mol. The lowest BCUT2D eigenvalue weighted by Gasteiger charge is -2.58. The van der Waals surface area contributed by atoms with Crippen LogP contribution in [0.15, 0.2) is 11.6 Å². The van der Waals surface area contributed by atoms with Gasteiger partial charge in [0.15, 0.2) is 18.9 Å². The molecule has 5 amide bonds. The number of ether oxygens (including phenoxy) is 19. The van der Waals surface area contributed by atoms with E-state index in [2.05, 4.69) is 62.0 Å². The minimum atomic E-state index is -1.26. The van der Waals surface area contributed by atoms with Crippen LogP contribution in [0.5, 0.6) is 0 Å². The molecule has 13 N–H and O–H groups in total. The molecule has 0 aromatic carbocycles. The van der Waals surface area contributed by atoms with Crippen molar-refractivity contribution in [3.05, 3.63) is 11.6 Å². The molecule has 6 fully saturated rings. The molecule has 3 heterocycles. The molecule has 142 heavy (non-hydrogen) atoms. The number of allylic oxidation sites excluding steroid dienone is 1. The Bertz CT molecular complexity index is 3330. The van der Waals surface area contributed by atoms with Gasteiger partial charge in [-0.2, -0.15) is 0 Å². The standard InChI is InChI=1S/C103H185N5O34/c1-72(2)20-17-21-73(3)80-28-29-81-79-27-26-77-68-78(30-34-102(77,7)82(79)31-35-103(80,81)8)139-91(116)33-45-125-47-49-127-51-53-129-55-57-131-59-61-133-63-65-135-67-66-134-64-62-132-60-58-130-56-54-128-52-50-126-48-46-124-44-32-90(115)107-83(22-9-13-36-104-87(112)23-10-14-41-136-99-74(4)92(117)95(120)84(69-109)140-99)98(123)108(39-18-37-105-88(113)24-11-15-42-137-100-75(5)93(118)96(121)85(70-110)141-100)40-19-38-106-89(114)25-12-16-43-138-101-76(6)94(119)97(122)86(71-111)142-101/h26,72-76,78-86,92-97,99-101,109-111,117-122H,9-25,27-71H2,1-8H3,(H,104,112)(H,105,113)(H,106,114)(H,107,115)/t73-,74?,75?,76?,78+,79?,80?,81?,82?,83?,84?,85?,86?,92?,93?,94?,95?,96?,97?,99?,100?,101?,102+,103-/m1/s1. The smallest absolute Gasteiger partial charge is 0.308 e. The minimum Gasteiger partial charge on any atom is -0.462 e. The second-order valence-corrected chi connectivity index (χ2v) is 40.4. The van der Waals surface area contributed by atoms with E-state index in [4.69, 9.17) is 90.0 Å². The SMILES string of the molecule is CC(C)CCC[C@@H](C)C1CCC2C3CC=C4C[C@@H](OC(=O)CCOCCOCCOCCOCCOCCOCCOCCOCCOCCOCCOCCOCCC(=O)NC(CCCCNC(=O)CCCCOC5OC(CO)C(O)C(O)C5C)C(=O)N(CCCNC(=O)CCCCOC5OC(CO)C(O)C(O)C5C)CCCNC(=O)CCCCOC5OC(CO)C(O)C(O)C5C)CC[C@]4(C)C3CC[C@@]21C. The normalized spacial score (nSPS) is 28.5. The molecule has 7 rings (SSSR count). The zero-order chi connectivity index (χ0) is 103. The van der Waals surface area contributed by atoms with Crippen LogP contribution < -0.4 is 21.3 Å².